The molecule has 0 bridgehead atoms. The Morgan fingerprint density at radius 3 is 2.56 bits per heavy atom. The quantitative estimate of drug-likeness (QED) is 0.766. The molecule has 1 aromatic heterocycles. The Hall–Kier alpha value is -0.930. The third kappa shape index (κ3) is 1.85. The fourth-order valence-corrected chi connectivity index (χ4v) is 1.72. The lowest BCUT2D eigenvalue weighted by atomic mass is 9.97. The van der Waals surface area contributed by atoms with Crippen LogP contribution in [-0.2, 0) is 5.41 Å². The zero-order chi connectivity index (χ0) is 11.9. The molecule has 0 atom stereocenters. The van der Waals surface area contributed by atoms with Crippen molar-refractivity contribution in [2.24, 2.45) is 0 Å². The second kappa shape index (κ2) is 3.82. The van der Waals surface area contributed by atoms with Crippen molar-refractivity contribution >= 4 is 34.6 Å². The molecule has 0 radical (unpaired) electrons. The molecule has 0 aliphatic carbocycles. The third-order valence-electron chi connectivity index (χ3n) is 2.18. The monoisotopic (exact) mass is 259 g/mol. The van der Waals surface area contributed by atoms with E-state index < -0.39 is 0 Å². The van der Waals surface area contributed by atoms with Gasteiger partial charge >= 0.3 is 0 Å². The molecule has 0 aliphatic heterocycles. The largest absolute Gasteiger partial charge is 0.436 e. The highest BCUT2D eigenvalue weighted by molar-refractivity contribution is 6.33. The Morgan fingerprint density at radius 1 is 1.31 bits per heavy atom. The molecule has 1 heterocycles. The molecular formula is C11H11Cl2NO2. The summed E-state index contributed by atoms with van der Waals surface area (Å²) in [5, 5.41) is 0.402. The lowest BCUT2D eigenvalue weighted by molar-refractivity contribution is 0.407. The van der Waals surface area contributed by atoms with E-state index in [1.807, 2.05) is 20.8 Å². The summed E-state index contributed by atoms with van der Waals surface area (Å²) < 4.78 is 10.3. The van der Waals surface area contributed by atoms with Gasteiger partial charge in [-0.15, -0.1) is 0 Å². The predicted octanol–water partition coefficient (Wildman–Crippen LogP) is 4.31. The van der Waals surface area contributed by atoms with Crippen molar-refractivity contribution < 1.29 is 8.71 Å². The highest BCUT2D eigenvalue weighted by Crippen LogP contribution is 2.36. The number of nitrogens with zero attached hydrogens (tertiary/aromatic N) is 1. The van der Waals surface area contributed by atoms with E-state index in [1.165, 1.54) is 0 Å². The van der Waals surface area contributed by atoms with Crippen molar-refractivity contribution in [2.45, 2.75) is 26.2 Å². The maximum Gasteiger partial charge on any atom is 0.209 e. The lowest BCUT2D eigenvalue weighted by Gasteiger charge is -2.11. The van der Waals surface area contributed by atoms with Gasteiger partial charge in [0.15, 0.2) is 0 Å². The van der Waals surface area contributed by atoms with Gasteiger partial charge in [-0.05, 0) is 12.1 Å². The molecule has 5 heteroatoms. The SMILES string of the molecule is CC(C)(C)c1nc2ccc(Cl)c(OCl)c2o1. The Kier molecular flexibility index (Phi) is 2.76. The van der Waals surface area contributed by atoms with Crippen LogP contribution in [0.1, 0.15) is 26.7 Å². The second-order valence-electron chi connectivity index (χ2n) is 4.57. The summed E-state index contributed by atoms with van der Waals surface area (Å²) in [6, 6.07) is 3.45. The molecule has 0 fully saturated rings. The van der Waals surface area contributed by atoms with E-state index in [4.69, 9.17) is 32.2 Å². The number of hydrogen-bond donors (Lipinski definition) is 0. The highest BCUT2D eigenvalue weighted by atomic mass is 35.5. The number of fused-ring (bicyclic) bond motifs is 1. The molecule has 3 nitrogen and oxygen atoms in total. The normalized spacial score (nSPS) is 12.1. The third-order valence-corrected chi connectivity index (χ3v) is 2.63. The summed E-state index contributed by atoms with van der Waals surface area (Å²) in [6.07, 6.45) is 0. The van der Waals surface area contributed by atoms with Gasteiger partial charge in [-0.3, -0.25) is 0 Å². The van der Waals surface area contributed by atoms with Crippen LogP contribution in [0.25, 0.3) is 11.1 Å². The summed E-state index contributed by atoms with van der Waals surface area (Å²) >= 11 is 11.3. The molecule has 0 N–H and O–H groups in total. The number of hydrogen-bond acceptors (Lipinski definition) is 3. The fraction of sp³-hybridized carbons (Fsp3) is 0.364. The van der Waals surface area contributed by atoms with Crippen LogP contribution in [0.5, 0.6) is 5.75 Å². The van der Waals surface area contributed by atoms with Gasteiger partial charge in [0.2, 0.25) is 17.2 Å². The first-order valence-corrected chi connectivity index (χ1v) is 5.50. The van der Waals surface area contributed by atoms with Crippen molar-refractivity contribution in [2.75, 3.05) is 0 Å². The fourth-order valence-electron chi connectivity index (χ4n) is 1.34. The van der Waals surface area contributed by atoms with Gasteiger partial charge < -0.3 is 8.71 Å². The molecular weight excluding hydrogens is 249 g/mol. The Balaban J connectivity index is 2.71. The first kappa shape index (κ1) is 11.6. The van der Waals surface area contributed by atoms with Crippen molar-refractivity contribution in [1.29, 1.82) is 0 Å². The van der Waals surface area contributed by atoms with Gasteiger partial charge in [-0.2, -0.15) is 0 Å². The van der Waals surface area contributed by atoms with E-state index in [9.17, 15) is 0 Å². The van der Waals surface area contributed by atoms with E-state index in [0.29, 0.717) is 27.8 Å². The number of aromatic nitrogens is 1. The predicted molar refractivity (Wildman–Crippen MR) is 64.2 cm³/mol. The van der Waals surface area contributed by atoms with Crippen LogP contribution in [0.3, 0.4) is 0 Å². The van der Waals surface area contributed by atoms with Crippen LogP contribution in [0.15, 0.2) is 16.5 Å². The van der Waals surface area contributed by atoms with Crippen LogP contribution < -0.4 is 4.29 Å². The van der Waals surface area contributed by atoms with E-state index >= 15 is 0 Å². The summed E-state index contributed by atoms with van der Waals surface area (Å²) in [4.78, 5) is 4.37. The van der Waals surface area contributed by atoms with Crippen molar-refractivity contribution in [3.8, 4) is 5.75 Å². The standard InChI is InChI=1S/C11H11Cl2NO2/c1-11(2,3)10-14-7-5-4-6(12)8(16-13)9(7)15-10/h4-5H,1-3H3. The van der Waals surface area contributed by atoms with Crippen molar-refractivity contribution in [3.05, 3.63) is 23.0 Å². The molecule has 16 heavy (non-hydrogen) atoms. The van der Waals surface area contributed by atoms with Gasteiger partial charge in [0.05, 0.1) is 5.02 Å². The Bertz CT molecular complexity index is 528. The maximum atomic E-state index is 5.93. The van der Waals surface area contributed by atoms with Gasteiger partial charge in [0.25, 0.3) is 0 Å². The molecule has 86 valence electrons. The maximum absolute atomic E-state index is 5.93. The van der Waals surface area contributed by atoms with E-state index in [0.717, 1.165) is 0 Å². The van der Waals surface area contributed by atoms with Gasteiger partial charge in [0, 0.05) is 5.41 Å². The molecule has 0 aliphatic rings. The number of rotatable bonds is 1. The zero-order valence-corrected chi connectivity index (χ0v) is 10.7. The minimum absolute atomic E-state index is 0.172. The van der Waals surface area contributed by atoms with E-state index in [-0.39, 0.29) is 5.41 Å². The number of oxazole rings is 1. The molecule has 0 unspecified atom stereocenters. The van der Waals surface area contributed by atoms with Crippen LogP contribution in [0, 0.1) is 0 Å². The Labute approximate surface area is 103 Å². The molecule has 0 spiro atoms. The Morgan fingerprint density at radius 2 is 2.00 bits per heavy atom. The van der Waals surface area contributed by atoms with Crippen molar-refractivity contribution in [1.82, 2.24) is 4.98 Å². The van der Waals surface area contributed by atoms with Crippen molar-refractivity contribution in [3.63, 3.8) is 0 Å². The molecule has 2 aromatic rings. The zero-order valence-electron chi connectivity index (χ0n) is 9.17. The topological polar surface area (TPSA) is 35.3 Å². The average molecular weight is 260 g/mol. The second-order valence-corrected chi connectivity index (χ2v) is 5.13. The van der Waals surface area contributed by atoms with E-state index in [1.54, 1.807) is 12.1 Å². The lowest BCUT2D eigenvalue weighted by Crippen LogP contribution is -2.10. The minimum atomic E-state index is -0.172. The molecule has 1 aromatic carbocycles. The van der Waals surface area contributed by atoms with E-state index in [2.05, 4.69) is 4.98 Å². The number of halogens is 2. The first-order chi connectivity index (χ1) is 7.43. The van der Waals surface area contributed by atoms with Gasteiger partial charge in [-0.25, -0.2) is 4.98 Å². The van der Waals surface area contributed by atoms with Gasteiger partial charge in [-0.1, -0.05) is 32.4 Å². The highest BCUT2D eigenvalue weighted by Gasteiger charge is 2.23. The molecule has 0 saturated carbocycles. The van der Waals surface area contributed by atoms with Crippen LogP contribution in [-0.4, -0.2) is 4.98 Å². The number of benzene rings is 1. The summed E-state index contributed by atoms with van der Waals surface area (Å²) in [6.45, 7) is 6.04. The summed E-state index contributed by atoms with van der Waals surface area (Å²) in [5.41, 5.74) is 0.993. The van der Waals surface area contributed by atoms with Crippen LogP contribution in [0.2, 0.25) is 5.02 Å². The smallest absolute Gasteiger partial charge is 0.209 e. The molecule has 0 amide bonds. The molecule has 2 rings (SSSR count). The summed E-state index contributed by atoms with van der Waals surface area (Å²) in [7, 11) is 0. The molecule has 0 saturated heterocycles. The average Bonchev–Trinajstić information content (AvgIpc) is 2.60. The first-order valence-electron chi connectivity index (χ1n) is 4.81. The van der Waals surface area contributed by atoms with Crippen LogP contribution in [0.4, 0.5) is 0 Å². The minimum Gasteiger partial charge on any atom is -0.436 e. The van der Waals surface area contributed by atoms with Gasteiger partial charge in [0.1, 0.15) is 17.4 Å². The van der Waals surface area contributed by atoms with Crippen LogP contribution >= 0.6 is 23.5 Å². The summed E-state index contributed by atoms with van der Waals surface area (Å²) in [5.74, 6) is 0.934.